The Morgan fingerprint density at radius 1 is 1.17 bits per heavy atom. The van der Waals surface area contributed by atoms with Gasteiger partial charge in [-0.25, -0.2) is 4.39 Å². The quantitative estimate of drug-likeness (QED) is 0.591. The molecule has 1 fully saturated rings. The van der Waals surface area contributed by atoms with Crippen LogP contribution in [0.3, 0.4) is 0 Å². The number of halogens is 1. The molecule has 3 rings (SSSR count). The Kier molecular flexibility index (Phi) is 5.77. The van der Waals surface area contributed by atoms with Gasteiger partial charge in [0, 0.05) is 24.3 Å². The van der Waals surface area contributed by atoms with Crippen molar-refractivity contribution in [2.24, 2.45) is 0 Å². The van der Waals surface area contributed by atoms with E-state index in [1.54, 1.807) is 32.9 Å². The molecule has 29 heavy (non-hydrogen) atoms. The van der Waals surface area contributed by atoms with E-state index in [0.717, 1.165) is 25.2 Å². The summed E-state index contributed by atoms with van der Waals surface area (Å²) < 4.78 is 19.0. The summed E-state index contributed by atoms with van der Waals surface area (Å²) in [7, 11) is 0. The summed E-state index contributed by atoms with van der Waals surface area (Å²) in [6.07, 6.45) is 0.980. The predicted octanol–water partition coefficient (Wildman–Crippen LogP) is 3.75. The van der Waals surface area contributed by atoms with Crippen molar-refractivity contribution in [3.63, 3.8) is 0 Å². The molecule has 1 aliphatic rings. The molecule has 6 nitrogen and oxygen atoms in total. The van der Waals surface area contributed by atoms with E-state index in [0.29, 0.717) is 22.5 Å². The summed E-state index contributed by atoms with van der Waals surface area (Å²) in [5.41, 5.74) is 7.99. The molecule has 1 heterocycles. The first-order valence-corrected chi connectivity index (χ1v) is 9.58. The van der Waals surface area contributed by atoms with E-state index in [4.69, 9.17) is 10.5 Å². The molecule has 0 spiro atoms. The number of hydrogen-bond acceptors (Lipinski definition) is 5. The third-order valence-electron chi connectivity index (χ3n) is 4.56. The van der Waals surface area contributed by atoms with Gasteiger partial charge in [0.25, 0.3) is 5.91 Å². The molecule has 0 radical (unpaired) electrons. The van der Waals surface area contributed by atoms with Crippen LogP contribution < -0.4 is 16.0 Å². The standard InChI is InChI=1S/C22H26FN3O3/c1-22(2,3)29-20(27)13-15-11-16(23)6-7-18(15)25-21(28)14-5-8-19(17(24)12-14)26-9-4-10-26/h5-8,11-12H,4,9-10,13,24H2,1-3H3,(H,25,28). The fourth-order valence-corrected chi connectivity index (χ4v) is 3.10. The number of nitrogens with one attached hydrogen (secondary N) is 1. The molecule has 154 valence electrons. The van der Waals surface area contributed by atoms with Gasteiger partial charge in [-0.3, -0.25) is 9.59 Å². The van der Waals surface area contributed by atoms with E-state index < -0.39 is 17.4 Å². The molecule has 1 saturated heterocycles. The highest BCUT2D eigenvalue weighted by molar-refractivity contribution is 6.06. The normalized spacial score (nSPS) is 13.6. The first kappa shape index (κ1) is 20.6. The van der Waals surface area contributed by atoms with Gasteiger partial charge in [0.05, 0.1) is 17.8 Å². The number of carbonyl (C=O) groups is 2. The summed E-state index contributed by atoms with van der Waals surface area (Å²) in [6.45, 7) is 7.19. The van der Waals surface area contributed by atoms with Crippen LogP contribution in [0.25, 0.3) is 0 Å². The molecule has 1 amide bonds. The van der Waals surface area contributed by atoms with Crippen LogP contribution in [0.5, 0.6) is 0 Å². The van der Waals surface area contributed by atoms with Gasteiger partial charge in [0.15, 0.2) is 0 Å². The topological polar surface area (TPSA) is 84.7 Å². The lowest BCUT2D eigenvalue weighted by Gasteiger charge is -2.34. The lowest BCUT2D eigenvalue weighted by atomic mass is 10.1. The van der Waals surface area contributed by atoms with Crippen LogP contribution in [-0.2, 0) is 16.0 Å². The van der Waals surface area contributed by atoms with E-state index in [1.165, 1.54) is 18.2 Å². The van der Waals surface area contributed by atoms with E-state index in [2.05, 4.69) is 10.2 Å². The van der Waals surface area contributed by atoms with Gasteiger partial charge in [-0.15, -0.1) is 0 Å². The van der Waals surface area contributed by atoms with Crippen molar-refractivity contribution in [1.82, 2.24) is 0 Å². The zero-order valence-corrected chi connectivity index (χ0v) is 16.9. The lowest BCUT2D eigenvalue weighted by Crippen LogP contribution is -2.37. The number of anilines is 3. The highest BCUT2D eigenvalue weighted by Gasteiger charge is 2.20. The second kappa shape index (κ2) is 8.11. The zero-order valence-electron chi connectivity index (χ0n) is 16.9. The van der Waals surface area contributed by atoms with Crippen molar-refractivity contribution < 1.29 is 18.7 Å². The molecule has 2 aromatic rings. The second-order valence-electron chi connectivity index (χ2n) is 8.13. The Morgan fingerprint density at radius 3 is 2.48 bits per heavy atom. The molecule has 1 aliphatic heterocycles. The van der Waals surface area contributed by atoms with Gasteiger partial charge in [0.1, 0.15) is 11.4 Å². The van der Waals surface area contributed by atoms with Gasteiger partial charge in [0.2, 0.25) is 0 Å². The van der Waals surface area contributed by atoms with Crippen LogP contribution in [0, 0.1) is 5.82 Å². The Bertz CT molecular complexity index is 933. The Balaban J connectivity index is 1.76. The molecule has 3 N–H and O–H groups in total. The smallest absolute Gasteiger partial charge is 0.310 e. The monoisotopic (exact) mass is 399 g/mol. The number of hydrogen-bond donors (Lipinski definition) is 2. The number of amides is 1. The third kappa shape index (κ3) is 5.25. The molecule has 0 saturated carbocycles. The van der Waals surface area contributed by atoms with E-state index >= 15 is 0 Å². The van der Waals surface area contributed by atoms with Crippen LogP contribution in [0.2, 0.25) is 0 Å². The predicted molar refractivity (Wildman–Crippen MR) is 112 cm³/mol. The van der Waals surface area contributed by atoms with E-state index in [9.17, 15) is 14.0 Å². The minimum Gasteiger partial charge on any atom is -0.460 e. The fraction of sp³-hybridized carbons (Fsp3) is 0.364. The minimum absolute atomic E-state index is 0.152. The maximum Gasteiger partial charge on any atom is 0.310 e. The lowest BCUT2D eigenvalue weighted by molar-refractivity contribution is -0.153. The highest BCUT2D eigenvalue weighted by atomic mass is 19.1. The van der Waals surface area contributed by atoms with Crippen molar-refractivity contribution >= 4 is 28.9 Å². The summed E-state index contributed by atoms with van der Waals surface area (Å²) in [4.78, 5) is 27.0. The first-order chi connectivity index (χ1) is 13.6. The van der Waals surface area contributed by atoms with Gasteiger partial charge in [-0.05, 0) is 69.2 Å². The molecular weight excluding hydrogens is 373 g/mol. The van der Waals surface area contributed by atoms with Crippen LogP contribution in [0.1, 0.15) is 43.1 Å². The molecule has 0 unspecified atom stereocenters. The molecular formula is C22H26FN3O3. The van der Waals surface area contributed by atoms with Crippen molar-refractivity contribution in [3.05, 3.63) is 53.3 Å². The summed E-state index contributed by atoms with van der Waals surface area (Å²) in [5.74, 6) is -1.38. The van der Waals surface area contributed by atoms with Crippen LogP contribution in [0.4, 0.5) is 21.5 Å². The number of nitrogens with two attached hydrogens (primary N) is 1. The van der Waals surface area contributed by atoms with Crippen molar-refractivity contribution in [2.45, 2.75) is 39.2 Å². The number of ether oxygens (including phenoxy) is 1. The average Bonchev–Trinajstić information content (AvgIpc) is 2.55. The summed E-state index contributed by atoms with van der Waals surface area (Å²) >= 11 is 0. The SMILES string of the molecule is CC(C)(C)OC(=O)Cc1cc(F)ccc1NC(=O)c1ccc(N2CCC2)c(N)c1. The Labute approximate surface area is 169 Å². The number of nitrogen functional groups attached to an aromatic ring is 1. The average molecular weight is 399 g/mol. The number of esters is 1. The maximum absolute atomic E-state index is 13.7. The van der Waals surface area contributed by atoms with Gasteiger partial charge >= 0.3 is 5.97 Å². The first-order valence-electron chi connectivity index (χ1n) is 9.58. The van der Waals surface area contributed by atoms with E-state index in [1.807, 2.05) is 6.07 Å². The largest absolute Gasteiger partial charge is 0.460 e. The highest BCUT2D eigenvalue weighted by Crippen LogP contribution is 2.28. The van der Waals surface area contributed by atoms with Crippen LogP contribution in [-0.4, -0.2) is 30.6 Å². The fourth-order valence-electron chi connectivity index (χ4n) is 3.10. The number of nitrogens with zero attached hydrogens (tertiary/aromatic N) is 1. The van der Waals surface area contributed by atoms with Gasteiger partial charge < -0.3 is 20.7 Å². The van der Waals surface area contributed by atoms with Crippen molar-refractivity contribution in [3.8, 4) is 0 Å². The van der Waals surface area contributed by atoms with Crippen molar-refractivity contribution in [1.29, 1.82) is 0 Å². The summed E-state index contributed by atoms with van der Waals surface area (Å²) in [5, 5.41) is 2.74. The third-order valence-corrected chi connectivity index (χ3v) is 4.56. The minimum atomic E-state index is -0.649. The zero-order chi connectivity index (χ0) is 21.2. The number of rotatable bonds is 5. The molecule has 7 heteroatoms. The maximum atomic E-state index is 13.7. The van der Waals surface area contributed by atoms with Crippen molar-refractivity contribution in [2.75, 3.05) is 29.0 Å². The molecule has 0 bridgehead atoms. The van der Waals surface area contributed by atoms with E-state index in [-0.39, 0.29) is 12.3 Å². The van der Waals surface area contributed by atoms with Gasteiger partial charge in [-0.1, -0.05) is 0 Å². The van der Waals surface area contributed by atoms with Gasteiger partial charge in [-0.2, -0.15) is 0 Å². The second-order valence-corrected chi connectivity index (χ2v) is 8.13. The molecule has 0 atom stereocenters. The van der Waals surface area contributed by atoms with Crippen LogP contribution in [0.15, 0.2) is 36.4 Å². The summed E-state index contributed by atoms with van der Waals surface area (Å²) in [6, 6.07) is 9.05. The number of carbonyl (C=O) groups excluding carboxylic acids is 2. The molecule has 0 aromatic heterocycles. The Morgan fingerprint density at radius 2 is 1.90 bits per heavy atom. The number of benzene rings is 2. The van der Waals surface area contributed by atoms with Crippen LogP contribution >= 0.6 is 0 Å². The molecule has 2 aromatic carbocycles. The molecule has 0 aliphatic carbocycles. The Hall–Kier alpha value is -3.09.